The summed E-state index contributed by atoms with van der Waals surface area (Å²) in [6.07, 6.45) is 1.45. The average molecular weight is 543 g/mol. The Labute approximate surface area is 218 Å². The predicted octanol–water partition coefficient (Wildman–Crippen LogP) is 4.79. The smallest absolute Gasteiger partial charge is 0.242 e. The van der Waals surface area contributed by atoms with E-state index in [4.69, 9.17) is 23.2 Å². The maximum atomic E-state index is 13.3. The molecule has 1 N–H and O–H groups in total. The number of hydrogen-bond acceptors (Lipinski definition) is 4. The molecule has 2 aromatic carbocycles. The minimum absolute atomic E-state index is 0.0409. The summed E-state index contributed by atoms with van der Waals surface area (Å²) in [5.74, 6) is -0.598. The lowest BCUT2D eigenvalue weighted by Crippen LogP contribution is -2.49. The molecular formula is C25H33Cl2N3O4S. The van der Waals surface area contributed by atoms with Crippen molar-refractivity contribution in [1.82, 2.24) is 10.2 Å². The van der Waals surface area contributed by atoms with Gasteiger partial charge in [0.15, 0.2) is 0 Å². The highest BCUT2D eigenvalue weighted by Gasteiger charge is 2.28. The fraction of sp³-hybridized carbons (Fsp3) is 0.440. The van der Waals surface area contributed by atoms with Crippen LogP contribution in [0.4, 0.5) is 5.69 Å². The van der Waals surface area contributed by atoms with Crippen LogP contribution >= 0.6 is 23.2 Å². The van der Waals surface area contributed by atoms with Crippen molar-refractivity contribution >= 4 is 50.7 Å². The van der Waals surface area contributed by atoms with Crippen molar-refractivity contribution in [1.29, 1.82) is 0 Å². The summed E-state index contributed by atoms with van der Waals surface area (Å²) >= 11 is 12.7. The van der Waals surface area contributed by atoms with E-state index in [0.29, 0.717) is 21.3 Å². The highest BCUT2D eigenvalue weighted by molar-refractivity contribution is 7.92. The quantitative estimate of drug-likeness (QED) is 0.443. The Hall–Kier alpha value is -2.29. The zero-order chi connectivity index (χ0) is 26.3. The first-order valence-electron chi connectivity index (χ1n) is 11.4. The maximum Gasteiger partial charge on any atom is 0.242 e. The van der Waals surface area contributed by atoms with Crippen LogP contribution in [0.2, 0.25) is 10.0 Å². The van der Waals surface area contributed by atoms with Crippen molar-refractivity contribution in [2.75, 3.05) is 17.1 Å². The molecule has 0 spiro atoms. The number of anilines is 1. The second kappa shape index (κ2) is 12.6. The number of hydrogen-bond donors (Lipinski definition) is 1. The Kier molecular flexibility index (Phi) is 10.4. The molecule has 0 fully saturated rings. The SMILES string of the molecule is Cc1cccc(N(CCCC(=O)N(Cc2c(Cl)cccc2Cl)[C@H](C)C(=O)NC(C)C)S(C)(=O)=O)c1. The Morgan fingerprint density at radius 1 is 1.03 bits per heavy atom. The van der Waals surface area contributed by atoms with Crippen LogP contribution < -0.4 is 9.62 Å². The van der Waals surface area contributed by atoms with Crippen molar-refractivity contribution in [3.63, 3.8) is 0 Å². The second-order valence-electron chi connectivity index (χ2n) is 8.84. The van der Waals surface area contributed by atoms with Crippen LogP contribution in [0.5, 0.6) is 0 Å². The van der Waals surface area contributed by atoms with Gasteiger partial charge in [0.05, 0.1) is 11.9 Å². The molecule has 2 amide bonds. The van der Waals surface area contributed by atoms with Gasteiger partial charge in [-0.1, -0.05) is 41.4 Å². The largest absolute Gasteiger partial charge is 0.352 e. The highest BCUT2D eigenvalue weighted by Crippen LogP contribution is 2.27. The molecule has 0 radical (unpaired) electrons. The van der Waals surface area contributed by atoms with E-state index in [2.05, 4.69) is 5.32 Å². The molecule has 10 heteroatoms. The van der Waals surface area contributed by atoms with Gasteiger partial charge >= 0.3 is 0 Å². The fourth-order valence-electron chi connectivity index (χ4n) is 3.63. The number of nitrogens with zero attached hydrogens (tertiary/aromatic N) is 2. The first-order chi connectivity index (χ1) is 16.3. The number of benzene rings is 2. The van der Waals surface area contributed by atoms with Gasteiger partial charge in [-0.05, 0) is 63.9 Å². The number of sulfonamides is 1. The number of nitrogens with one attached hydrogen (secondary N) is 1. The van der Waals surface area contributed by atoms with Crippen LogP contribution in [0, 0.1) is 6.92 Å². The summed E-state index contributed by atoms with van der Waals surface area (Å²) in [5, 5.41) is 3.62. The summed E-state index contributed by atoms with van der Waals surface area (Å²) in [7, 11) is -3.55. The maximum absolute atomic E-state index is 13.3. The van der Waals surface area contributed by atoms with Crippen molar-refractivity contribution in [2.24, 2.45) is 0 Å². The lowest BCUT2D eigenvalue weighted by atomic mass is 10.1. The molecule has 2 rings (SSSR count). The van der Waals surface area contributed by atoms with Crippen LogP contribution in [0.25, 0.3) is 0 Å². The Bertz CT molecular complexity index is 1130. The molecule has 192 valence electrons. The van der Waals surface area contributed by atoms with Gasteiger partial charge in [0.25, 0.3) is 0 Å². The van der Waals surface area contributed by atoms with Crippen molar-refractivity contribution in [2.45, 2.75) is 59.2 Å². The lowest BCUT2D eigenvalue weighted by Gasteiger charge is -2.30. The van der Waals surface area contributed by atoms with Crippen LogP contribution in [-0.2, 0) is 26.2 Å². The molecule has 0 aliphatic carbocycles. The summed E-state index contributed by atoms with van der Waals surface area (Å²) in [6, 6.07) is 11.4. The molecule has 35 heavy (non-hydrogen) atoms. The molecule has 2 aromatic rings. The van der Waals surface area contributed by atoms with Crippen LogP contribution in [-0.4, -0.2) is 50.0 Å². The van der Waals surface area contributed by atoms with E-state index < -0.39 is 16.1 Å². The molecule has 0 saturated carbocycles. The number of amides is 2. The molecule has 0 unspecified atom stereocenters. The molecule has 0 saturated heterocycles. The van der Waals surface area contributed by atoms with Crippen LogP contribution in [0.15, 0.2) is 42.5 Å². The lowest BCUT2D eigenvalue weighted by molar-refractivity contribution is -0.140. The normalized spacial score (nSPS) is 12.3. The third kappa shape index (κ3) is 8.40. The second-order valence-corrected chi connectivity index (χ2v) is 11.6. The summed E-state index contributed by atoms with van der Waals surface area (Å²) in [6.45, 7) is 7.39. The van der Waals surface area contributed by atoms with Gasteiger partial charge in [0, 0.05) is 41.2 Å². The van der Waals surface area contributed by atoms with Gasteiger partial charge in [-0.25, -0.2) is 8.42 Å². The number of carbonyl (C=O) groups is 2. The van der Waals surface area contributed by atoms with Crippen LogP contribution in [0.3, 0.4) is 0 Å². The number of halogens is 2. The summed E-state index contributed by atoms with van der Waals surface area (Å²) in [5.41, 5.74) is 2.02. The monoisotopic (exact) mass is 541 g/mol. The molecule has 0 bridgehead atoms. The molecule has 0 aromatic heterocycles. The first-order valence-corrected chi connectivity index (χ1v) is 14.0. The average Bonchev–Trinajstić information content (AvgIpc) is 2.74. The van der Waals surface area contributed by atoms with Gasteiger partial charge in [-0.3, -0.25) is 13.9 Å². The molecule has 0 aliphatic heterocycles. The Balaban J connectivity index is 2.23. The molecule has 1 atom stereocenters. The van der Waals surface area contributed by atoms with Gasteiger partial charge in [0.2, 0.25) is 21.8 Å². The zero-order valence-corrected chi connectivity index (χ0v) is 23.0. The van der Waals surface area contributed by atoms with Crippen molar-refractivity contribution in [3.05, 3.63) is 63.6 Å². The fourth-order valence-corrected chi connectivity index (χ4v) is 5.10. The number of aryl methyl sites for hydroxylation is 1. The minimum Gasteiger partial charge on any atom is -0.352 e. The molecular weight excluding hydrogens is 509 g/mol. The summed E-state index contributed by atoms with van der Waals surface area (Å²) < 4.78 is 26.1. The van der Waals surface area contributed by atoms with Crippen LogP contribution in [0.1, 0.15) is 44.7 Å². The van der Waals surface area contributed by atoms with Crippen molar-refractivity contribution < 1.29 is 18.0 Å². The van der Waals surface area contributed by atoms with Gasteiger partial charge in [-0.2, -0.15) is 0 Å². The van der Waals surface area contributed by atoms with E-state index in [-0.39, 0.29) is 43.8 Å². The number of carbonyl (C=O) groups excluding carboxylic acids is 2. The zero-order valence-electron chi connectivity index (χ0n) is 20.7. The van der Waals surface area contributed by atoms with E-state index in [0.717, 1.165) is 11.8 Å². The molecule has 7 nitrogen and oxygen atoms in total. The van der Waals surface area contributed by atoms with E-state index in [1.165, 1.54) is 9.21 Å². The standard InChI is InChI=1S/C25H33Cl2N3O4S/c1-17(2)28-25(32)19(4)29(16-21-22(26)11-7-12-23(21)27)24(31)13-8-14-30(35(5,33)34)20-10-6-9-18(3)15-20/h6-7,9-12,15,17,19H,8,13-14,16H2,1-5H3,(H,28,32)/t19-/m1/s1. The Morgan fingerprint density at radius 3 is 2.17 bits per heavy atom. The van der Waals surface area contributed by atoms with E-state index in [9.17, 15) is 18.0 Å². The summed E-state index contributed by atoms with van der Waals surface area (Å²) in [4.78, 5) is 27.5. The van der Waals surface area contributed by atoms with Gasteiger partial charge in [0.1, 0.15) is 6.04 Å². The van der Waals surface area contributed by atoms with Gasteiger partial charge in [-0.15, -0.1) is 0 Å². The van der Waals surface area contributed by atoms with E-state index in [1.54, 1.807) is 43.3 Å². The number of rotatable bonds is 11. The molecule has 0 heterocycles. The highest BCUT2D eigenvalue weighted by atomic mass is 35.5. The van der Waals surface area contributed by atoms with Gasteiger partial charge < -0.3 is 10.2 Å². The van der Waals surface area contributed by atoms with E-state index >= 15 is 0 Å². The topological polar surface area (TPSA) is 86.8 Å². The first kappa shape index (κ1) is 28.9. The van der Waals surface area contributed by atoms with Crippen molar-refractivity contribution in [3.8, 4) is 0 Å². The van der Waals surface area contributed by atoms with E-state index in [1.807, 2.05) is 26.8 Å². The third-order valence-corrected chi connectivity index (χ3v) is 7.33. The predicted molar refractivity (Wildman–Crippen MR) is 142 cm³/mol. The Morgan fingerprint density at radius 2 is 1.63 bits per heavy atom. The third-order valence-electron chi connectivity index (χ3n) is 5.43. The minimum atomic E-state index is -3.55. The molecule has 0 aliphatic rings.